The van der Waals surface area contributed by atoms with Gasteiger partial charge in [0.05, 0.1) is 5.41 Å². The van der Waals surface area contributed by atoms with Gasteiger partial charge in [0.1, 0.15) is 5.82 Å². The Morgan fingerprint density at radius 3 is 2.56 bits per heavy atom. The van der Waals surface area contributed by atoms with Crippen molar-refractivity contribution in [1.29, 1.82) is 0 Å². The molecule has 25 heavy (non-hydrogen) atoms. The third-order valence-corrected chi connectivity index (χ3v) is 4.84. The van der Waals surface area contributed by atoms with E-state index < -0.39 is 5.41 Å². The Hall–Kier alpha value is -2.40. The lowest BCUT2D eigenvalue weighted by atomic mass is 9.73. The monoisotopic (exact) mass is 342 g/mol. The topological polar surface area (TPSA) is 64.3 Å². The summed E-state index contributed by atoms with van der Waals surface area (Å²) < 4.78 is 19.1. The van der Waals surface area contributed by atoms with E-state index in [2.05, 4.69) is 5.32 Å². The Morgan fingerprint density at radius 1 is 1.16 bits per heavy atom. The second kappa shape index (κ2) is 7.66. The van der Waals surface area contributed by atoms with Crippen LogP contribution in [0.4, 0.5) is 10.1 Å². The van der Waals surface area contributed by atoms with E-state index in [1.807, 2.05) is 30.3 Å². The molecule has 4 nitrogen and oxygen atoms in total. The maximum atomic E-state index is 13.7. The Labute approximate surface area is 147 Å². The number of carbonyl (C=O) groups is 1. The maximum Gasteiger partial charge on any atom is 0.230 e. The second-order valence-electron chi connectivity index (χ2n) is 6.45. The van der Waals surface area contributed by atoms with Gasteiger partial charge in [0, 0.05) is 25.4 Å². The highest BCUT2D eigenvalue weighted by molar-refractivity contribution is 5.88. The zero-order valence-electron chi connectivity index (χ0n) is 14.1. The van der Waals surface area contributed by atoms with Crippen LogP contribution in [0.3, 0.4) is 0 Å². The quantitative estimate of drug-likeness (QED) is 0.821. The molecule has 1 saturated heterocycles. The van der Waals surface area contributed by atoms with Gasteiger partial charge >= 0.3 is 0 Å². The van der Waals surface area contributed by atoms with Crippen LogP contribution in [0.2, 0.25) is 0 Å². The van der Waals surface area contributed by atoms with Crippen molar-refractivity contribution >= 4 is 11.6 Å². The fraction of sp³-hybridized carbons (Fsp3) is 0.350. The smallest absolute Gasteiger partial charge is 0.230 e. The third kappa shape index (κ3) is 3.99. The van der Waals surface area contributed by atoms with Gasteiger partial charge in [-0.3, -0.25) is 4.79 Å². The molecule has 1 aliphatic rings. The largest absolute Gasteiger partial charge is 0.399 e. The number of rotatable bonds is 5. The number of nitrogens with one attached hydrogen (secondary N) is 1. The normalized spacial score (nSPS) is 16.4. The average Bonchev–Trinajstić information content (AvgIpc) is 2.64. The Kier molecular flexibility index (Phi) is 5.34. The molecular weight excluding hydrogens is 319 g/mol. The molecule has 0 aromatic heterocycles. The summed E-state index contributed by atoms with van der Waals surface area (Å²) in [7, 11) is 0. The van der Waals surface area contributed by atoms with Crippen LogP contribution >= 0.6 is 0 Å². The van der Waals surface area contributed by atoms with Gasteiger partial charge in [-0.05, 0) is 54.7 Å². The number of nitrogen functional groups attached to an aromatic ring is 1. The molecule has 2 aromatic rings. The molecule has 1 heterocycles. The van der Waals surface area contributed by atoms with Crippen LogP contribution < -0.4 is 11.1 Å². The molecule has 1 fully saturated rings. The summed E-state index contributed by atoms with van der Waals surface area (Å²) in [5, 5.41) is 3.03. The van der Waals surface area contributed by atoms with Crippen LogP contribution in [0.5, 0.6) is 0 Å². The molecule has 2 aromatic carbocycles. The second-order valence-corrected chi connectivity index (χ2v) is 6.45. The number of anilines is 1. The zero-order chi connectivity index (χ0) is 17.7. The van der Waals surface area contributed by atoms with E-state index in [0.29, 0.717) is 32.6 Å². The van der Waals surface area contributed by atoms with Gasteiger partial charge in [-0.25, -0.2) is 4.39 Å². The molecule has 1 amide bonds. The first-order chi connectivity index (χ1) is 12.1. The number of ether oxygens (including phenoxy) is 1. The lowest BCUT2D eigenvalue weighted by Crippen LogP contribution is -2.48. The molecule has 0 saturated carbocycles. The summed E-state index contributed by atoms with van der Waals surface area (Å²) in [5.74, 6) is -0.380. The van der Waals surface area contributed by atoms with Gasteiger partial charge in [-0.2, -0.15) is 0 Å². The van der Waals surface area contributed by atoms with Crippen LogP contribution in [0.15, 0.2) is 48.5 Å². The predicted octanol–water partition coefficient (Wildman–Crippen LogP) is 2.82. The number of halogens is 1. The van der Waals surface area contributed by atoms with Crippen LogP contribution in [0.1, 0.15) is 24.0 Å². The van der Waals surface area contributed by atoms with Crippen molar-refractivity contribution in [3.63, 3.8) is 0 Å². The molecule has 1 aliphatic heterocycles. The molecule has 3 rings (SSSR count). The van der Waals surface area contributed by atoms with Crippen molar-refractivity contribution in [1.82, 2.24) is 5.32 Å². The van der Waals surface area contributed by atoms with Crippen molar-refractivity contribution in [3.8, 4) is 0 Å². The predicted molar refractivity (Wildman–Crippen MR) is 95.7 cm³/mol. The van der Waals surface area contributed by atoms with Gasteiger partial charge in [-0.1, -0.05) is 24.3 Å². The highest BCUT2D eigenvalue weighted by atomic mass is 19.1. The number of benzene rings is 2. The number of hydrogen-bond donors (Lipinski definition) is 2. The molecule has 0 radical (unpaired) electrons. The summed E-state index contributed by atoms with van der Waals surface area (Å²) >= 11 is 0. The summed E-state index contributed by atoms with van der Waals surface area (Å²) in [6, 6.07) is 14.0. The molecule has 0 unspecified atom stereocenters. The minimum atomic E-state index is -0.721. The van der Waals surface area contributed by atoms with E-state index in [0.717, 1.165) is 23.2 Å². The lowest BCUT2D eigenvalue weighted by Gasteiger charge is -2.36. The molecule has 132 valence electrons. The fourth-order valence-corrected chi connectivity index (χ4v) is 3.33. The van der Waals surface area contributed by atoms with Crippen LogP contribution in [0.25, 0.3) is 0 Å². The number of hydrogen-bond acceptors (Lipinski definition) is 3. The van der Waals surface area contributed by atoms with E-state index in [1.165, 1.54) is 12.1 Å². The van der Waals surface area contributed by atoms with Crippen molar-refractivity contribution in [2.45, 2.75) is 24.7 Å². The van der Waals surface area contributed by atoms with Crippen LogP contribution in [-0.4, -0.2) is 25.7 Å². The van der Waals surface area contributed by atoms with Crippen molar-refractivity contribution < 1.29 is 13.9 Å². The maximum absolute atomic E-state index is 13.7. The van der Waals surface area contributed by atoms with Gasteiger partial charge in [0.2, 0.25) is 5.91 Å². The van der Waals surface area contributed by atoms with E-state index in [9.17, 15) is 9.18 Å². The third-order valence-electron chi connectivity index (χ3n) is 4.84. The van der Waals surface area contributed by atoms with Crippen molar-refractivity contribution in [2.75, 3.05) is 25.5 Å². The summed E-state index contributed by atoms with van der Waals surface area (Å²) in [5.41, 5.74) is 7.52. The molecule has 0 bridgehead atoms. The summed E-state index contributed by atoms with van der Waals surface area (Å²) in [6.45, 7) is 1.53. The Morgan fingerprint density at radius 2 is 1.88 bits per heavy atom. The highest BCUT2D eigenvalue weighted by Crippen LogP contribution is 2.35. The molecule has 5 heteroatoms. The first kappa shape index (κ1) is 17.4. The van der Waals surface area contributed by atoms with Gasteiger partial charge in [0.25, 0.3) is 0 Å². The minimum absolute atomic E-state index is 0.0585. The average molecular weight is 342 g/mol. The van der Waals surface area contributed by atoms with Crippen LogP contribution in [-0.2, 0) is 21.4 Å². The summed E-state index contributed by atoms with van der Waals surface area (Å²) in [6.07, 6.45) is 1.84. The molecule has 3 N–H and O–H groups in total. The first-order valence-corrected chi connectivity index (χ1v) is 8.57. The molecule has 0 atom stereocenters. The molecule has 0 aliphatic carbocycles. The lowest BCUT2D eigenvalue weighted by molar-refractivity contribution is -0.130. The van der Waals surface area contributed by atoms with E-state index in [4.69, 9.17) is 10.5 Å². The number of nitrogens with two attached hydrogens (primary N) is 1. The van der Waals surface area contributed by atoms with Gasteiger partial charge < -0.3 is 15.8 Å². The Bertz CT molecular complexity index is 725. The Balaban J connectivity index is 1.70. The molecular formula is C20H23FN2O2. The van der Waals surface area contributed by atoms with E-state index in [-0.39, 0.29) is 11.7 Å². The highest BCUT2D eigenvalue weighted by Gasteiger charge is 2.41. The van der Waals surface area contributed by atoms with Crippen LogP contribution in [0, 0.1) is 5.82 Å². The minimum Gasteiger partial charge on any atom is -0.399 e. The first-order valence-electron chi connectivity index (χ1n) is 8.57. The standard InChI is InChI=1S/C20H23FN2O2/c21-17-3-1-2-16(14-17)20(9-12-25-13-10-20)19(24)23-11-8-15-4-6-18(22)7-5-15/h1-7,14H,8-13,22H2,(H,23,24). The fourth-order valence-electron chi connectivity index (χ4n) is 3.33. The number of carbonyl (C=O) groups excluding carboxylic acids is 1. The van der Waals surface area contributed by atoms with Crippen molar-refractivity contribution in [2.24, 2.45) is 0 Å². The van der Waals surface area contributed by atoms with E-state index in [1.54, 1.807) is 6.07 Å². The summed E-state index contributed by atoms with van der Waals surface area (Å²) in [4.78, 5) is 13.0. The number of amides is 1. The SMILES string of the molecule is Nc1ccc(CCNC(=O)C2(c3cccc(F)c3)CCOCC2)cc1. The van der Waals surface area contributed by atoms with Gasteiger partial charge in [0.15, 0.2) is 0 Å². The molecule has 0 spiro atoms. The van der Waals surface area contributed by atoms with Gasteiger partial charge in [-0.15, -0.1) is 0 Å². The zero-order valence-corrected chi connectivity index (χ0v) is 14.1. The van der Waals surface area contributed by atoms with Crippen molar-refractivity contribution in [3.05, 3.63) is 65.5 Å². The van der Waals surface area contributed by atoms with E-state index >= 15 is 0 Å².